The van der Waals surface area contributed by atoms with E-state index < -0.39 is 27.9 Å². The molecule has 47 heavy (non-hydrogen) atoms. The van der Waals surface area contributed by atoms with Crippen LogP contribution >= 0.6 is 11.3 Å². The monoisotopic (exact) mass is 674 g/mol. The van der Waals surface area contributed by atoms with Crippen LogP contribution in [0.1, 0.15) is 51.2 Å². The van der Waals surface area contributed by atoms with Gasteiger partial charge in [0.25, 0.3) is 11.8 Å². The highest BCUT2D eigenvalue weighted by Crippen LogP contribution is 2.40. The average Bonchev–Trinajstić information content (AvgIpc) is 3.72. The van der Waals surface area contributed by atoms with Crippen molar-refractivity contribution in [1.29, 1.82) is 0 Å². The number of anilines is 1. The highest BCUT2D eigenvalue weighted by Gasteiger charge is 2.43. The Balaban J connectivity index is 1.27. The number of nitrogens with zero attached hydrogens (tertiary/aromatic N) is 3. The fraction of sp³-hybridized carbons (Fsp3) is 0.314. The molecule has 2 amide bonds. The van der Waals surface area contributed by atoms with Crippen molar-refractivity contribution >= 4 is 38.9 Å². The molecule has 2 aliphatic rings. The Morgan fingerprint density at radius 3 is 2.40 bits per heavy atom. The fourth-order valence-corrected chi connectivity index (χ4v) is 8.51. The van der Waals surface area contributed by atoms with Crippen LogP contribution in [-0.4, -0.2) is 76.5 Å². The smallest absolute Gasteiger partial charge is 0.264 e. The molecule has 1 N–H and O–H groups in total. The summed E-state index contributed by atoms with van der Waals surface area (Å²) in [6, 6.07) is 23.7. The number of carbonyl (C=O) groups is 2. The van der Waals surface area contributed by atoms with Crippen molar-refractivity contribution in [2.45, 2.75) is 36.2 Å². The van der Waals surface area contributed by atoms with Crippen LogP contribution in [0.3, 0.4) is 0 Å². The number of fused-ring (bicyclic) bond motifs is 1. The van der Waals surface area contributed by atoms with Gasteiger partial charge in [-0.15, -0.1) is 11.3 Å². The number of amides is 2. The molecule has 3 aromatic carbocycles. The number of sulfonamides is 1. The number of hydrogen-bond acceptors (Lipinski definition) is 9. The predicted molar refractivity (Wildman–Crippen MR) is 182 cm³/mol. The number of carbonyl (C=O) groups excluding carboxylic acids is 2. The van der Waals surface area contributed by atoms with Crippen LogP contribution in [0.2, 0.25) is 0 Å². The normalized spacial score (nSPS) is 17.6. The maximum absolute atomic E-state index is 14.4. The van der Waals surface area contributed by atoms with Gasteiger partial charge in [-0.25, -0.2) is 13.1 Å². The summed E-state index contributed by atoms with van der Waals surface area (Å²) in [5.41, 5.74) is 3.34. The molecule has 0 radical (unpaired) electrons. The molecule has 1 saturated heterocycles. The molecule has 0 spiro atoms. The van der Waals surface area contributed by atoms with Gasteiger partial charge in [0.1, 0.15) is 4.21 Å². The van der Waals surface area contributed by atoms with Crippen molar-refractivity contribution in [1.82, 2.24) is 14.5 Å². The number of benzene rings is 3. The van der Waals surface area contributed by atoms with Crippen LogP contribution < -0.4 is 19.1 Å². The summed E-state index contributed by atoms with van der Waals surface area (Å²) in [4.78, 5) is 34.3. The van der Waals surface area contributed by atoms with Gasteiger partial charge >= 0.3 is 0 Å². The summed E-state index contributed by atoms with van der Waals surface area (Å²) in [6.07, 6.45) is 0.149. The van der Waals surface area contributed by atoms with E-state index in [4.69, 9.17) is 9.47 Å². The molecule has 2 atom stereocenters. The second kappa shape index (κ2) is 13.9. The molecule has 10 nitrogen and oxygen atoms in total. The minimum Gasteiger partial charge on any atom is -0.493 e. The van der Waals surface area contributed by atoms with E-state index in [1.807, 2.05) is 30.3 Å². The largest absolute Gasteiger partial charge is 0.493 e. The lowest BCUT2D eigenvalue weighted by molar-refractivity contribution is 0.0575. The number of thiophene rings is 1. The molecule has 6 rings (SSSR count). The summed E-state index contributed by atoms with van der Waals surface area (Å²) >= 11 is 1.12. The SMILES string of the molecule is COc1ccc(C(CCNS(=O)(=O)c2cccs2)N2C(=O)c3cccc(N4CCN(Cc5ccccc5)[C@@H](C)C4)c3C2=O)cc1OC. The molecule has 1 fully saturated rings. The van der Waals surface area contributed by atoms with Gasteiger partial charge in [-0.1, -0.05) is 48.5 Å². The highest BCUT2D eigenvalue weighted by molar-refractivity contribution is 7.91. The van der Waals surface area contributed by atoms with E-state index in [9.17, 15) is 18.0 Å². The lowest BCUT2D eigenvalue weighted by Crippen LogP contribution is -2.51. The molecule has 3 heterocycles. The molecule has 0 saturated carbocycles. The predicted octanol–water partition coefficient (Wildman–Crippen LogP) is 5.18. The number of imide groups is 1. The van der Waals surface area contributed by atoms with E-state index in [1.54, 1.807) is 35.7 Å². The van der Waals surface area contributed by atoms with Crippen LogP contribution in [0.15, 0.2) is 88.5 Å². The first-order valence-corrected chi connectivity index (χ1v) is 17.9. The lowest BCUT2D eigenvalue weighted by atomic mass is 10.0. The van der Waals surface area contributed by atoms with Crippen molar-refractivity contribution in [3.63, 3.8) is 0 Å². The third-order valence-corrected chi connectivity index (χ3v) is 11.7. The molecule has 12 heteroatoms. The van der Waals surface area contributed by atoms with Gasteiger partial charge in [0.2, 0.25) is 10.0 Å². The summed E-state index contributed by atoms with van der Waals surface area (Å²) in [7, 11) is -0.704. The number of nitrogens with one attached hydrogen (secondary N) is 1. The maximum atomic E-state index is 14.4. The van der Waals surface area contributed by atoms with Crippen LogP contribution in [-0.2, 0) is 16.6 Å². The summed E-state index contributed by atoms with van der Waals surface area (Å²) < 4.78 is 39.6. The van der Waals surface area contributed by atoms with Gasteiger partial charge < -0.3 is 14.4 Å². The van der Waals surface area contributed by atoms with E-state index in [2.05, 4.69) is 33.6 Å². The minimum atomic E-state index is -3.75. The van der Waals surface area contributed by atoms with Crippen LogP contribution in [0.5, 0.6) is 11.5 Å². The summed E-state index contributed by atoms with van der Waals surface area (Å²) in [5, 5.41) is 1.70. The van der Waals surface area contributed by atoms with Gasteiger partial charge in [-0.3, -0.25) is 19.4 Å². The summed E-state index contributed by atoms with van der Waals surface area (Å²) in [5.74, 6) is 0.122. The maximum Gasteiger partial charge on any atom is 0.264 e. The van der Waals surface area contributed by atoms with Gasteiger partial charge in [0.15, 0.2) is 11.5 Å². The standard InChI is InChI=1S/C35H38N4O6S2/c1-24-22-38(19-18-37(24)23-25-9-5-4-6-10-25)29-12-7-11-27-33(29)35(41)39(34(27)40)28(26-14-15-30(44-2)31(21-26)45-3)16-17-36-47(42,43)32-13-8-20-46-32/h4-15,20-21,24,28,36H,16-19,22-23H2,1-3H3/t24-,28?/m0/s1. The van der Waals surface area contributed by atoms with Gasteiger partial charge in [-0.05, 0) is 60.2 Å². The molecule has 0 aliphatic carbocycles. The Hall–Kier alpha value is -4.23. The third kappa shape index (κ3) is 6.64. The second-order valence-corrected chi connectivity index (χ2v) is 14.6. The van der Waals surface area contributed by atoms with Crippen LogP contribution in [0, 0.1) is 0 Å². The first-order chi connectivity index (χ1) is 22.7. The first-order valence-electron chi connectivity index (χ1n) is 15.5. The number of ether oxygens (including phenoxy) is 2. The van der Waals surface area contributed by atoms with Crippen molar-refractivity contribution in [2.24, 2.45) is 0 Å². The number of hydrogen-bond donors (Lipinski definition) is 1. The minimum absolute atomic E-state index is 0.000393. The van der Waals surface area contributed by atoms with E-state index in [1.165, 1.54) is 30.7 Å². The van der Waals surface area contributed by atoms with Gasteiger partial charge in [0.05, 0.1) is 37.1 Å². The fourth-order valence-electron chi connectivity index (χ4n) is 6.42. The van der Waals surface area contributed by atoms with Gasteiger partial charge in [-0.2, -0.15) is 0 Å². The zero-order chi connectivity index (χ0) is 33.1. The zero-order valence-electron chi connectivity index (χ0n) is 26.6. The number of rotatable bonds is 12. The van der Waals surface area contributed by atoms with Gasteiger partial charge in [0, 0.05) is 38.8 Å². The lowest BCUT2D eigenvalue weighted by Gasteiger charge is -2.41. The van der Waals surface area contributed by atoms with Crippen molar-refractivity contribution in [2.75, 3.05) is 45.3 Å². The molecule has 1 unspecified atom stereocenters. The highest BCUT2D eigenvalue weighted by atomic mass is 32.2. The molecule has 246 valence electrons. The van der Waals surface area contributed by atoms with Crippen molar-refractivity contribution < 1.29 is 27.5 Å². The third-order valence-electron chi connectivity index (χ3n) is 8.83. The Morgan fingerprint density at radius 1 is 0.915 bits per heavy atom. The molecule has 4 aromatic rings. The molecule has 2 aliphatic heterocycles. The van der Waals surface area contributed by atoms with E-state index >= 15 is 0 Å². The van der Waals surface area contributed by atoms with Crippen LogP contribution in [0.25, 0.3) is 0 Å². The Bertz CT molecular complexity index is 1850. The van der Waals surface area contributed by atoms with Crippen molar-refractivity contribution in [3.05, 3.63) is 106 Å². The Morgan fingerprint density at radius 2 is 1.70 bits per heavy atom. The molecular weight excluding hydrogens is 637 g/mol. The molecule has 0 bridgehead atoms. The van der Waals surface area contributed by atoms with Crippen molar-refractivity contribution in [3.8, 4) is 11.5 Å². The van der Waals surface area contributed by atoms with E-state index in [0.717, 1.165) is 30.1 Å². The Kier molecular flexibility index (Phi) is 9.65. The molecular formula is C35H38N4O6S2. The zero-order valence-corrected chi connectivity index (χ0v) is 28.2. The van der Waals surface area contributed by atoms with E-state index in [0.29, 0.717) is 41.3 Å². The van der Waals surface area contributed by atoms with E-state index in [-0.39, 0.29) is 23.2 Å². The summed E-state index contributed by atoms with van der Waals surface area (Å²) in [6.45, 7) is 5.25. The first kappa shape index (κ1) is 32.7. The topological polar surface area (TPSA) is 108 Å². The second-order valence-electron chi connectivity index (χ2n) is 11.7. The quantitative estimate of drug-likeness (QED) is 0.205. The molecule has 1 aromatic heterocycles. The number of methoxy groups -OCH3 is 2. The number of piperazine rings is 1. The van der Waals surface area contributed by atoms with Crippen LogP contribution in [0.4, 0.5) is 5.69 Å². The Labute approximate surface area is 279 Å². The average molecular weight is 675 g/mol.